The molecule has 0 aliphatic heterocycles. The minimum atomic E-state index is 0.816. The van der Waals surface area contributed by atoms with E-state index in [0.29, 0.717) is 0 Å². The summed E-state index contributed by atoms with van der Waals surface area (Å²) in [6.45, 7) is 0. The van der Waals surface area contributed by atoms with Crippen molar-refractivity contribution in [1.82, 2.24) is 0 Å². The van der Waals surface area contributed by atoms with Gasteiger partial charge in [-0.25, -0.2) is 0 Å². The Balaban J connectivity index is 1.37. The summed E-state index contributed by atoms with van der Waals surface area (Å²) in [6.07, 6.45) is 4.58. The average molecular weight is 433 g/mol. The molecule has 0 heterocycles. The lowest BCUT2D eigenvalue weighted by Crippen LogP contribution is -1.89. The second kappa shape index (κ2) is 9.13. The van der Waals surface area contributed by atoms with Crippen LogP contribution < -0.4 is 9.47 Å². The van der Waals surface area contributed by atoms with Crippen molar-refractivity contribution in [2.75, 3.05) is 14.2 Å². The largest absolute Gasteiger partial charge is 0.496 e. The van der Waals surface area contributed by atoms with E-state index in [2.05, 4.69) is 46.4 Å². The summed E-state index contributed by atoms with van der Waals surface area (Å²) < 4.78 is 10.8. The number of aliphatic imine (C=N–C) groups is 2. The van der Waals surface area contributed by atoms with Crippen molar-refractivity contribution in [3.05, 3.63) is 107 Å². The zero-order valence-corrected chi connectivity index (χ0v) is 18.7. The van der Waals surface area contributed by atoms with Crippen molar-refractivity contribution < 1.29 is 9.47 Å². The lowest BCUT2D eigenvalue weighted by Gasteiger charge is -2.04. The molecule has 4 heteroatoms. The zero-order valence-electron chi connectivity index (χ0n) is 18.7. The molecule has 0 N–H and O–H groups in total. The third-order valence-corrected chi connectivity index (χ3v) is 5.83. The minimum absolute atomic E-state index is 0.816. The molecule has 0 fully saturated rings. The summed E-state index contributed by atoms with van der Waals surface area (Å²) in [5, 5.41) is 0. The molecule has 0 spiro atoms. The second-order valence-electron chi connectivity index (χ2n) is 7.86. The first-order valence-electron chi connectivity index (χ1n) is 10.9. The van der Waals surface area contributed by atoms with Crippen molar-refractivity contribution in [3.63, 3.8) is 0 Å². The molecule has 33 heavy (non-hydrogen) atoms. The van der Waals surface area contributed by atoms with Gasteiger partial charge in [-0.1, -0.05) is 36.4 Å². The highest BCUT2D eigenvalue weighted by molar-refractivity contribution is 5.87. The number of benzene rings is 4. The lowest BCUT2D eigenvalue weighted by molar-refractivity contribution is 0.414. The minimum Gasteiger partial charge on any atom is -0.496 e. The van der Waals surface area contributed by atoms with Crippen LogP contribution in [0.15, 0.2) is 94.9 Å². The third-order valence-electron chi connectivity index (χ3n) is 5.83. The van der Waals surface area contributed by atoms with E-state index in [9.17, 15) is 0 Å². The fourth-order valence-corrected chi connectivity index (χ4v) is 4.18. The van der Waals surface area contributed by atoms with Gasteiger partial charge in [0.15, 0.2) is 0 Å². The quantitative estimate of drug-likeness (QED) is 0.278. The van der Waals surface area contributed by atoms with Crippen LogP contribution in [0.3, 0.4) is 0 Å². The molecular formula is C29H24N2O2. The van der Waals surface area contributed by atoms with E-state index in [1.165, 1.54) is 22.3 Å². The Morgan fingerprint density at radius 2 is 1.06 bits per heavy atom. The summed E-state index contributed by atoms with van der Waals surface area (Å²) in [7, 11) is 3.35. The number of fused-ring (bicyclic) bond motifs is 3. The molecule has 0 bridgehead atoms. The smallest absolute Gasteiger partial charge is 0.127 e. The maximum atomic E-state index is 5.41. The molecular weight excluding hydrogens is 408 g/mol. The lowest BCUT2D eigenvalue weighted by atomic mass is 10.1. The number of para-hydroxylation sites is 2. The van der Waals surface area contributed by atoms with Gasteiger partial charge in [-0.15, -0.1) is 0 Å². The summed E-state index contributed by atoms with van der Waals surface area (Å²) in [4.78, 5) is 9.36. The highest BCUT2D eigenvalue weighted by Crippen LogP contribution is 2.40. The molecule has 1 aliphatic rings. The number of hydrogen-bond donors (Lipinski definition) is 0. The molecule has 4 aromatic carbocycles. The summed E-state index contributed by atoms with van der Waals surface area (Å²) in [5.41, 5.74) is 8.88. The first-order chi connectivity index (χ1) is 16.2. The molecule has 162 valence electrons. The molecule has 0 saturated heterocycles. The molecule has 0 radical (unpaired) electrons. The van der Waals surface area contributed by atoms with Gasteiger partial charge in [0, 0.05) is 23.6 Å². The molecule has 0 aromatic heterocycles. The first-order valence-corrected chi connectivity index (χ1v) is 10.9. The van der Waals surface area contributed by atoms with Crippen molar-refractivity contribution in [3.8, 4) is 22.6 Å². The van der Waals surface area contributed by atoms with Crippen LogP contribution in [0.4, 0.5) is 11.4 Å². The highest BCUT2D eigenvalue weighted by atomic mass is 16.5. The van der Waals surface area contributed by atoms with Crippen molar-refractivity contribution in [2.24, 2.45) is 9.98 Å². The van der Waals surface area contributed by atoms with E-state index in [1.807, 2.05) is 61.0 Å². The Kier molecular flexibility index (Phi) is 5.73. The Morgan fingerprint density at radius 1 is 0.606 bits per heavy atom. The summed E-state index contributed by atoms with van der Waals surface area (Å²) in [5.74, 6) is 1.63. The fourth-order valence-electron chi connectivity index (χ4n) is 4.18. The van der Waals surface area contributed by atoms with Gasteiger partial charge in [-0.2, -0.15) is 0 Å². The predicted molar refractivity (Wildman–Crippen MR) is 135 cm³/mol. The average Bonchev–Trinajstić information content (AvgIpc) is 3.23. The van der Waals surface area contributed by atoms with E-state index < -0.39 is 0 Å². The summed E-state index contributed by atoms with van der Waals surface area (Å²) >= 11 is 0. The molecule has 0 atom stereocenters. The third kappa shape index (κ3) is 4.28. The molecule has 5 rings (SSSR count). The van der Waals surface area contributed by atoms with Crippen LogP contribution >= 0.6 is 0 Å². The Morgan fingerprint density at radius 3 is 1.52 bits per heavy atom. The van der Waals surface area contributed by atoms with E-state index in [1.54, 1.807) is 14.2 Å². The van der Waals surface area contributed by atoms with Gasteiger partial charge in [-0.3, -0.25) is 9.98 Å². The van der Waals surface area contributed by atoms with E-state index >= 15 is 0 Å². The maximum Gasteiger partial charge on any atom is 0.127 e. The standard InChI is InChI=1S/C29H24N2O2/c1-32-28-9-5-3-7-20(28)18-30-24-11-13-26-22(16-24)15-23-17-25(12-14-27(23)26)31-19-21-8-4-6-10-29(21)33-2/h3-14,16-19H,15H2,1-2H3. The van der Waals surface area contributed by atoms with E-state index in [0.717, 1.165) is 40.4 Å². The molecule has 0 unspecified atom stereocenters. The Labute approximate surface area is 193 Å². The van der Waals surface area contributed by atoms with Crippen molar-refractivity contribution >= 4 is 23.8 Å². The van der Waals surface area contributed by atoms with Crippen LogP contribution in [0.1, 0.15) is 22.3 Å². The Bertz CT molecular complexity index is 1270. The number of hydrogen-bond acceptors (Lipinski definition) is 4. The topological polar surface area (TPSA) is 43.2 Å². The molecule has 4 nitrogen and oxygen atoms in total. The van der Waals surface area contributed by atoms with Crippen molar-refractivity contribution in [2.45, 2.75) is 6.42 Å². The number of ether oxygens (including phenoxy) is 2. The van der Waals surface area contributed by atoms with Gasteiger partial charge >= 0.3 is 0 Å². The van der Waals surface area contributed by atoms with Crippen LogP contribution in [0.25, 0.3) is 11.1 Å². The number of methoxy groups -OCH3 is 2. The van der Waals surface area contributed by atoms with Crippen LogP contribution in [0, 0.1) is 0 Å². The Hall–Kier alpha value is -4.18. The van der Waals surface area contributed by atoms with Gasteiger partial charge in [0.05, 0.1) is 25.6 Å². The van der Waals surface area contributed by atoms with Crippen LogP contribution in [0.5, 0.6) is 11.5 Å². The predicted octanol–water partition coefficient (Wildman–Crippen LogP) is 6.78. The normalized spacial score (nSPS) is 12.2. The first kappa shape index (κ1) is 20.7. The van der Waals surface area contributed by atoms with Gasteiger partial charge in [-0.05, 0) is 77.2 Å². The van der Waals surface area contributed by atoms with Gasteiger partial charge in [0.25, 0.3) is 0 Å². The van der Waals surface area contributed by atoms with Gasteiger partial charge < -0.3 is 9.47 Å². The monoisotopic (exact) mass is 432 g/mol. The van der Waals surface area contributed by atoms with Crippen LogP contribution in [-0.4, -0.2) is 26.6 Å². The SMILES string of the molecule is COc1ccccc1C=Nc1ccc2c(c1)Cc1cc(N=Cc3ccccc3OC)ccc1-2. The number of nitrogens with zero attached hydrogens (tertiary/aromatic N) is 2. The number of rotatable bonds is 6. The zero-order chi connectivity index (χ0) is 22.6. The molecule has 0 amide bonds. The maximum absolute atomic E-state index is 5.41. The molecule has 0 saturated carbocycles. The van der Waals surface area contributed by atoms with Crippen LogP contribution in [-0.2, 0) is 6.42 Å². The summed E-state index contributed by atoms with van der Waals surface area (Å²) in [6, 6.07) is 28.5. The molecule has 1 aliphatic carbocycles. The fraction of sp³-hybridized carbons (Fsp3) is 0.103. The highest BCUT2D eigenvalue weighted by Gasteiger charge is 2.19. The van der Waals surface area contributed by atoms with Crippen molar-refractivity contribution in [1.29, 1.82) is 0 Å². The van der Waals surface area contributed by atoms with Crippen LogP contribution in [0.2, 0.25) is 0 Å². The van der Waals surface area contributed by atoms with Gasteiger partial charge in [0.2, 0.25) is 0 Å². The van der Waals surface area contributed by atoms with Gasteiger partial charge in [0.1, 0.15) is 11.5 Å². The molecule has 4 aromatic rings. The van der Waals surface area contributed by atoms with E-state index in [-0.39, 0.29) is 0 Å². The second-order valence-corrected chi connectivity index (χ2v) is 7.86. The van der Waals surface area contributed by atoms with E-state index in [4.69, 9.17) is 9.47 Å².